The van der Waals surface area contributed by atoms with Gasteiger partial charge in [-0.25, -0.2) is 4.39 Å². The highest BCUT2D eigenvalue weighted by Crippen LogP contribution is 2.38. The molecule has 0 aliphatic heterocycles. The summed E-state index contributed by atoms with van der Waals surface area (Å²) in [5, 5.41) is 2.75. The Bertz CT molecular complexity index is 499. The SMILES string of the molecule is COc1ccc(NC(=O)CC2(CN)CCCCC2)cc1F. The molecule has 4 nitrogen and oxygen atoms in total. The predicted octanol–water partition coefficient (Wildman–Crippen LogP) is 3.07. The Kier molecular flexibility index (Phi) is 5.17. The van der Waals surface area contributed by atoms with E-state index in [4.69, 9.17) is 10.5 Å². The maximum atomic E-state index is 13.6. The fourth-order valence-electron chi connectivity index (χ4n) is 3.04. The van der Waals surface area contributed by atoms with Gasteiger partial charge in [-0.2, -0.15) is 0 Å². The molecule has 1 aromatic carbocycles. The molecule has 0 heterocycles. The lowest BCUT2D eigenvalue weighted by atomic mass is 9.71. The summed E-state index contributed by atoms with van der Waals surface area (Å²) >= 11 is 0. The van der Waals surface area contributed by atoms with Gasteiger partial charge in [-0.15, -0.1) is 0 Å². The Balaban J connectivity index is 1.99. The van der Waals surface area contributed by atoms with Crippen LogP contribution in [0, 0.1) is 11.2 Å². The van der Waals surface area contributed by atoms with E-state index in [1.54, 1.807) is 6.07 Å². The first-order valence-electron chi connectivity index (χ1n) is 7.42. The van der Waals surface area contributed by atoms with Crippen molar-refractivity contribution in [3.05, 3.63) is 24.0 Å². The number of carbonyl (C=O) groups is 1. The predicted molar refractivity (Wildman–Crippen MR) is 80.8 cm³/mol. The summed E-state index contributed by atoms with van der Waals surface area (Å²) < 4.78 is 18.5. The molecule has 0 bridgehead atoms. The number of amides is 1. The van der Waals surface area contributed by atoms with E-state index in [1.807, 2.05) is 0 Å². The number of ether oxygens (including phenoxy) is 1. The van der Waals surface area contributed by atoms with Crippen molar-refractivity contribution < 1.29 is 13.9 Å². The molecule has 1 aliphatic carbocycles. The molecule has 0 spiro atoms. The van der Waals surface area contributed by atoms with Gasteiger partial charge in [0.15, 0.2) is 11.6 Å². The summed E-state index contributed by atoms with van der Waals surface area (Å²) in [6.45, 7) is 0.525. The van der Waals surface area contributed by atoms with Crippen LogP contribution in [-0.2, 0) is 4.79 Å². The summed E-state index contributed by atoms with van der Waals surface area (Å²) in [6.07, 6.45) is 5.86. The van der Waals surface area contributed by atoms with Crippen LogP contribution in [0.2, 0.25) is 0 Å². The molecule has 0 saturated heterocycles. The minimum atomic E-state index is -0.485. The van der Waals surface area contributed by atoms with E-state index in [9.17, 15) is 9.18 Å². The Hall–Kier alpha value is -1.62. The molecule has 2 rings (SSSR count). The number of carbonyl (C=O) groups excluding carboxylic acids is 1. The van der Waals surface area contributed by atoms with Gasteiger partial charge in [-0.05, 0) is 36.9 Å². The summed E-state index contributed by atoms with van der Waals surface area (Å²) in [7, 11) is 1.41. The van der Waals surface area contributed by atoms with E-state index in [1.165, 1.54) is 25.7 Å². The lowest BCUT2D eigenvalue weighted by Gasteiger charge is -2.35. The Morgan fingerprint density at radius 1 is 1.38 bits per heavy atom. The minimum Gasteiger partial charge on any atom is -0.494 e. The number of methoxy groups -OCH3 is 1. The number of anilines is 1. The van der Waals surface area contributed by atoms with E-state index < -0.39 is 5.82 Å². The Morgan fingerprint density at radius 3 is 2.67 bits per heavy atom. The van der Waals surface area contributed by atoms with Crippen molar-refractivity contribution in [3.63, 3.8) is 0 Å². The summed E-state index contributed by atoms with van der Waals surface area (Å²) in [4.78, 5) is 12.2. The second kappa shape index (κ2) is 6.89. The molecule has 1 aliphatic rings. The second-order valence-electron chi connectivity index (χ2n) is 5.84. The number of nitrogens with two attached hydrogens (primary N) is 1. The molecule has 3 N–H and O–H groups in total. The number of nitrogens with one attached hydrogen (secondary N) is 1. The average molecular weight is 294 g/mol. The van der Waals surface area contributed by atoms with Crippen molar-refractivity contribution in [1.29, 1.82) is 0 Å². The third-order valence-electron chi connectivity index (χ3n) is 4.32. The quantitative estimate of drug-likeness (QED) is 0.877. The lowest BCUT2D eigenvalue weighted by molar-refractivity contribution is -0.118. The van der Waals surface area contributed by atoms with Gasteiger partial charge in [-0.3, -0.25) is 4.79 Å². The molecule has 116 valence electrons. The molecule has 0 aromatic heterocycles. The highest BCUT2D eigenvalue weighted by molar-refractivity contribution is 5.91. The maximum absolute atomic E-state index is 13.6. The lowest BCUT2D eigenvalue weighted by Crippen LogP contribution is -2.36. The number of benzene rings is 1. The van der Waals surface area contributed by atoms with Crippen molar-refractivity contribution in [2.24, 2.45) is 11.1 Å². The Morgan fingerprint density at radius 2 is 2.10 bits per heavy atom. The van der Waals surface area contributed by atoms with Gasteiger partial charge >= 0.3 is 0 Å². The van der Waals surface area contributed by atoms with Crippen LogP contribution in [0.1, 0.15) is 38.5 Å². The fraction of sp³-hybridized carbons (Fsp3) is 0.562. The van der Waals surface area contributed by atoms with Crippen molar-refractivity contribution >= 4 is 11.6 Å². The van der Waals surface area contributed by atoms with E-state index in [-0.39, 0.29) is 17.1 Å². The van der Waals surface area contributed by atoms with Crippen molar-refractivity contribution in [2.45, 2.75) is 38.5 Å². The highest BCUT2D eigenvalue weighted by atomic mass is 19.1. The molecule has 21 heavy (non-hydrogen) atoms. The van der Waals surface area contributed by atoms with Crippen LogP contribution < -0.4 is 15.8 Å². The van der Waals surface area contributed by atoms with Crippen LogP contribution in [0.5, 0.6) is 5.75 Å². The molecule has 1 amide bonds. The topological polar surface area (TPSA) is 64.3 Å². The monoisotopic (exact) mass is 294 g/mol. The van der Waals surface area contributed by atoms with Gasteiger partial charge in [0.25, 0.3) is 0 Å². The molecule has 1 aromatic rings. The second-order valence-corrected chi connectivity index (χ2v) is 5.84. The van der Waals surface area contributed by atoms with Crippen LogP contribution in [0.3, 0.4) is 0 Å². The summed E-state index contributed by atoms with van der Waals surface area (Å²) in [6, 6.07) is 4.41. The average Bonchev–Trinajstić information content (AvgIpc) is 2.48. The van der Waals surface area contributed by atoms with Crippen LogP contribution in [0.15, 0.2) is 18.2 Å². The molecular weight excluding hydrogens is 271 g/mol. The molecule has 0 unspecified atom stereocenters. The number of halogens is 1. The largest absolute Gasteiger partial charge is 0.494 e. The molecule has 0 atom stereocenters. The van der Waals surface area contributed by atoms with Crippen LogP contribution in [0.4, 0.5) is 10.1 Å². The van der Waals surface area contributed by atoms with Crippen molar-refractivity contribution in [3.8, 4) is 5.75 Å². The highest BCUT2D eigenvalue weighted by Gasteiger charge is 2.32. The van der Waals surface area contributed by atoms with Crippen molar-refractivity contribution in [1.82, 2.24) is 0 Å². The number of hydrogen-bond acceptors (Lipinski definition) is 3. The van der Waals surface area contributed by atoms with Crippen LogP contribution >= 0.6 is 0 Å². The zero-order valence-electron chi connectivity index (χ0n) is 12.5. The van der Waals surface area contributed by atoms with Gasteiger partial charge in [0.2, 0.25) is 5.91 Å². The van der Waals surface area contributed by atoms with Crippen LogP contribution in [-0.4, -0.2) is 19.6 Å². The maximum Gasteiger partial charge on any atom is 0.224 e. The summed E-state index contributed by atoms with van der Waals surface area (Å²) in [5.74, 6) is -0.424. The third kappa shape index (κ3) is 3.94. The Labute approximate surface area is 124 Å². The standard InChI is InChI=1S/C16H23FN2O2/c1-21-14-6-5-12(9-13(14)17)19-15(20)10-16(11-18)7-3-2-4-8-16/h5-6,9H,2-4,7-8,10-11,18H2,1H3,(H,19,20). The van der Waals surface area contributed by atoms with Gasteiger partial charge in [0.1, 0.15) is 0 Å². The smallest absolute Gasteiger partial charge is 0.224 e. The minimum absolute atomic E-state index is 0.0899. The first kappa shape index (κ1) is 15.8. The molecule has 0 radical (unpaired) electrons. The first-order chi connectivity index (χ1) is 10.1. The van der Waals surface area contributed by atoms with Gasteiger partial charge in [0, 0.05) is 18.2 Å². The molecule has 5 heteroatoms. The molecule has 1 saturated carbocycles. The molecular formula is C16H23FN2O2. The number of rotatable bonds is 5. The van der Waals surface area contributed by atoms with Gasteiger partial charge in [-0.1, -0.05) is 19.3 Å². The van der Waals surface area contributed by atoms with E-state index >= 15 is 0 Å². The zero-order chi connectivity index (χ0) is 15.3. The van der Waals surface area contributed by atoms with E-state index in [0.29, 0.717) is 18.7 Å². The van der Waals surface area contributed by atoms with Gasteiger partial charge < -0.3 is 15.8 Å². The van der Waals surface area contributed by atoms with E-state index in [2.05, 4.69) is 5.32 Å². The van der Waals surface area contributed by atoms with Crippen molar-refractivity contribution in [2.75, 3.05) is 19.0 Å². The fourth-order valence-corrected chi connectivity index (χ4v) is 3.04. The molecule has 1 fully saturated rings. The number of hydrogen-bond donors (Lipinski definition) is 2. The van der Waals surface area contributed by atoms with Crippen LogP contribution in [0.25, 0.3) is 0 Å². The summed E-state index contributed by atoms with van der Waals surface area (Å²) in [5.41, 5.74) is 6.24. The normalized spacial score (nSPS) is 17.3. The zero-order valence-corrected chi connectivity index (χ0v) is 12.5. The third-order valence-corrected chi connectivity index (χ3v) is 4.32. The van der Waals surface area contributed by atoms with E-state index in [0.717, 1.165) is 25.7 Å². The van der Waals surface area contributed by atoms with Gasteiger partial charge in [0.05, 0.1) is 7.11 Å². The first-order valence-corrected chi connectivity index (χ1v) is 7.42.